The average molecular weight is 352 g/mol. The first-order valence-electron chi connectivity index (χ1n) is 8.07. The van der Waals surface area contributed by atoms with Crippen molar-refractivity contribution in [2.24, 2.45) is 0 Å². The Balaban J connectivity index is 1.60. The zero-order chi connectivity index (χ0) is 18.2. The third kappa shape index (κ3) is 4.56. The molecule has 0 radical (unpaired) electrons. The molecule has 2 heterocycles. The molecule has 8 nitrogen and oxygen atoms in total. The van der Waals surface area contributed by atoms with Gasteiger partial charge in [-0.15, -0.1) is 5.10 Å². The third-order valence-corrected chi connectivity index (χ3v) is 3.63. The van der Waals surface area contributed by atoms with E-state index in [1.54, 1.807) is 26.6 Å². The van der Waals surface area contributed by atoms with Gasteiger partial charge in [-0.05, 0) is 29.8 Å². The second-order valence-corrected chi connectivity index (χ2v) is 5.38. The first-order chi connectivity index (χ1) is 12.8. The lowest BCUT2D eigenvalue weighted by atomic mass is 10.2. The Morgan fingerprint density at radius 1 is 0.962 bits per heavy atom. The van der Waals surface area contributed by atoms with E-state index in [1.807, 2.05) is 36.4 Å². The average Bonchev–Trinajstić information content (AvgIpc) is 2.71. The lowest BCUT2D eigenvalue weighted by Crippen LogP contribution is -2.08. The minimum atomic E-state index is 0.436. The van der Waals surface area contributed by atoms with E-state index in [9.17, 15) is 0 Å². The van der Waals surface area contributed by atoms with Crippen LogP contribution >= 0.6 is 0 Å². The highest BCUT2D eigenvalue weighted by molar-refractivity contribution is 5.44. The summed E-state index contributed by atoms with van der Waals surface area (Å²) in [4.78, 5) is 8.66. The van der Waals surface area contributed by atoms with Crippen molar-refractivity contribution in [1.82, 2.24) is 20.2 Å². The van der Waals surface area contributed by atoms with Gasteiger partial charge in [0.2, 0.25) is 5.95 Å². The number of hydrogen-bond donors (Lipinski definition) is 2. The normalized spacial score (nSPS) is 10.2. The van der Waals surface area contributed by atoms with Gasteiger partial charge in [-0.25, -0.2) is 0 Å². The summed E-state index contributed by atoms with van der Waals surface area (Å²) in [7, 11) is 3.22. The van der Waals surface area contributed by atoms with Gasteiger partial charge in [-0.1, -0.05) is 12.1 Å². The SMILES string of the molecule is COc1ccc(CNc2nncc(NCc3ccccn3)n2)cc1OC. The molecule has 0 bridgehead atoms. The van der Waals surface area contributed by atoms with Crippen molar-refractivity contribution in [2.45, 2.75) is 13.1 Å². The van der Waals surface area contributed by atoms with Gasteiger partial charge >= 0.3 is 0 Å². The molecule has 0 saturated carbocycles. The Morgan fingerprint density at radius 2 is 1.85 bits per heavy atom. The minimum absolute atomic E-state index is 0.436. The van der Waals surface area contributed by atoms with Crippen LogP contribution in [-0.4, -0.2) is 34.4 Å². The fourth-order valence-corrected chi connectivity index (χ4v) is 2.32. The van der Waals surface area contributed by atoms with Crippen LogP contribution in [0.3, 0.4) is 0 Å². The third-order valence-electron chi connectivity index (χ3n) is 3.63. The summed E-state index contributed by atoms with van der Waals surface area (Å²) < 4.78 is 10.5. The molecule has 0 aliphatic heterocycles. The Morgan fingerprint density at radius 3 is 2.62 bits per heavy atom. The lowest BCUT2D eigenvalue weighted by molar-refractivity contribution is 0.354. The number of nitrogens with one attached hydrogen (secondary N) is 2. The molecule has 0 fully saturated rings. The molecule has 0 aliphatic carbocycles. The van der Waals surface area contributed by atoms with Crippen molar-refractivity contribution >= 4 is 11.8 Å². The maximum Gasteiger partial charge on any atom is 0.244 e. The smallest absolute Gasteiger partial charge is 0.244 e. The summed E-state index contributed by atoms with van der Waals surface area (Å²) >= 11 is 0. The number of anilines is 2. The van der Waals surface area contributed by atoms with Gasteiger partial charge in [0.15, 0.2) is 17.3 Å². The molecule has 0 atom stereocenters. The molecule has 2 aromatic heterocycles. The molecule has 2 N–H and O–H groups in total. The first kappa shape index (κ1) is 17.4. The van der Waals surface area contributed by atoms with Gasteiger partial charge in [0.1, 0.15) is 0 Å². The topological polar surface area (TPSA) is 94.1 Å². The highest BCUT2D eigenvalue weighted by atomic mass is 16.5. The Hall–Kier alpha value is -3.42. The van der Waals surface area contributed by atoms with Crippen molar-refractivity contribution in [3.8, 4) is 11.5 Å². The highest BCUT2D eigenvalue weighted by Crippen LogP contribution is 2.27. The Bertz CT molecular complexity index is 844. The molecule has 0 amide bonds. The van der Waals surface area contributed by atoms with Crippen molar-refractivity contribution in [2.75, 3.05) is 24.9 Å². The van der Waals surface area contributed by atoms with Gasteiger partial charge < -0.3 is 20.1 Å². The van der Waals surface area contributed by atoms with Crippen LogP contribution in [0.1, 0.15) is 11.3 Å². The van der Waals surface area contributed by atoms with Crippen molar-refractivity contribution in [3.05, 3.63) is 60.0 Å². The van der Waals surface area contributed by atoms with Crippen LogP contribution in [0.25, 0.3) is 0 Å². The largest absolute Gasteiger partial charge is 0.493 e. The van der Waals surface area contributed by atoms with Gasteiger partial charge in [0, 0.05) is 12.7 Å². The van der Waals surface area contributed by atoms with E-state index in [0.717, 1.165) is 11.3 Å². The van der Waals surface area contributed by atoms with Crippen molar-refractivity contribution in [3.63, 3.8) is 0 Å². The summed E-state index contributed by atoms with van der Waals surface area (Å²) in [5.74, 6) is 2.43. The van der Waals surface area contributed by atoms with E-state index >= 15 is 0 Å². The first-order valence-corrected chi connectivity index (χ1v) is 8.07. The molecular weight excluding hydrogens is 332 g/mol. The zero-order valence-electron chi connectivity index (χ0n) is 14.6. The fraction of sp³-hybridized carbons (Fsp3) is 0.222. The molecule has 134 valence electrons. The van der Waals surface area contributed by atoms with Crippen LogP contribution in [0.2, 0.25) is 0 Å². The van der Waals surface area contributed by atoms with Gasteiger partial charge in [0.05, 0.1) is 32.7 Å². The van der Waals surface area contributed by atoms with Crippen molar-refractivity contribution < 1.29 is 9.47 Å². The second-order valence-electron chi connectivity index (χ2n) is 5.38. The van der Waals surface area contributed by atoms with Gasteiger partial charge in [-0.2, -0.15) is 10.1 Å². The number of rotatable bonds is 8. The molecule has 0 saturated heterocycles. The quantitative estimate of drug-likeness (QED) is 0.639. The van der Waals surface area contributed by atoms with Crippen LogP contribution in [-0.2, 0) is 13.1 Å². The van der Waals surface area contributed by atoms with Crippen molar-refractivity contribution in [1.29, 1.82) is 0 Å². The number of benzene rings is 1. The van der Waals surface area contributed by atoms with Crippen LogP contribution in [0.4, 0.5) is 11.8 Å². The molecule has 0 unspecified atom stereocenters. The van der Waals surface area contributed by atoms with Gasteiger partial charge in [0.25, 0.3) is 0 Å². The summed E-state index contributed by atoms with van der Waals surface area (Å²) in [5, 5.41) is 14.3. The van der Waals surface area contributed by atoms with Crippen LogP contribution in [0.15, 0.2) is 48.8 Å². The highest BCUT2D eigenvalue weighted by Gasteiger charge is 2.06. The van der Waals surface area contributed by atoms with E-state index in [4.69, 9.17) is 9.47 Å². The van der Waals surface area contributed by atoms with Crippen LogP contribution in [0, 0.1) is 0 Å². The summed E-state index contributed by atoms with van der Waals surface area (Å²) in [6.07, 6.45) is 3.33. The number of ether oxygens (including phenoxy) is 2. The van der Waals surface area contributed by atoms with E-state index in [2.05, 4.69) is 30.8 Å². The fourth-order valence-electron chi connectivity index (χ4n) is 2.32. The number of pyridine rings is 1. The van der Waals surface area contributed by atoms with E-state index in [0.29, 0.717) is 36.4 Å². The number of nitrogens with zero attached hydrogens (tertiary/aromatic N) is 4. The molecule has 8 heteroatoms. The molecule has 26 heavy (non-hydrogen) atoms. The maximum atomic E-state index is 5.31. The number of hydrogen-bond acceptors (Lipinski definition) is 8. The zero-order valence-corrected chi connectivity index (χ0v) is 14.6. The molecule has 1 aromatic carbocycles. The van der Waals surface area contributed by atoms with E-state index < -0.39 is 0 Å². The minimum Gasteiger partial charge on any atom is -0.493 e. The Kier molecular flexibility index (Phi) is 5.76. The van der Waals surface area contributed by atoms with Crippen LogP contribution in [0.5, 0.6) is 11.5 Å². The molecular formula is C18H20N6O2. The predicted molar refractivity (Wildman–Crippen MR) is 98.3 cm³/mol. The summed E-state index contributed by atoms with van der Waals surface area (Å²) in [5.41, 5.74) is 1.93. The van der Waals surface area contributed by atoms with Gasteiger partial charge in [-0.3, -0.25) is 4.98 Å². The molecule has 0 aliphatic rings. The molecule has 3 aromatic rings. The predicted octanol–water partition coefficient (Wildman–Crippen LogP) is 2.51. The van der Waals surface area contributed by atoms with E-state index in [-0.39, 0.29) is 0 Å². The maximum absolute atomic E-state index is 5.31. The standard InChI is InChI=1S/C18H20N6O2/c1-25-15-7-6-13(9-16(15)26-2)10-21-18-23-17(12-22-24-18)20-11-14-5-3-4-8-19-14/h3-9,12H,10-11H2,1-2H3,(H2,20,21,23,24). The summed E-state index contributed by atoms with van der Waals surface area (Å²) in [6, 6.07) is 11.5. The number of methoxy groups -OCH3 is 2. The Labute approximate surface area is 151 Å². The molecule has 3 rings (SSSR count). The lowest BCUT2D eigenvalue weighted by Gasteiger charge is -2.10. The monoisotopic (exact) mass is 352 g/mol. The second kappa shape index (κ2) is 8.61. The summed E-state index contributed by atoms with van der Waals surface area (Å²) in [6.45, 7) is 1.10. The number of aromatic nitrogens is 4. The van der Waals surface area contributed by atoms with Crippen LogP contribution < -0.4 is 20.1 Å². The molecule has 0 spiro atoms. The van der Waals surface area contributed by atoms with E-state index in [1.165, 1.54) is 0 Å².